The Bertz CT molecular complexity index is 905. The smallest absolute Gasteiger partial charge is 0.0411 e. The Balaban J connectivity index is 1.60. The molecule has 0 N–H and O–H groups in total. The minimum absolute atomic E-state index is 0.995. The van der Waals surface area contributed by atoms with Gasteiger partial charge in [-0.3, -0.25) is 0 Å². The Morgan fingerprint density at radius 1 is 0.464 bits per heavy atom. The van der Waals surface area contributed by atoms with Crippen LogP contribution in [0.3, 0.4) is 0 Å². The molecular weight excluding hydrogens is 338 g/mol. The molecule has 4 rings (SSSR count). The molecule has 0 bridgehead atoms. The van der Waals surface area contributed by atoms with Crippen molar-refractivity contribution in [3.8, 4) is 22.3 Å². The fourth-order valence-corrected chi connectivity index (χ4v) is 3.56. The van der Waals surface area contributed by atoms with E-state index in [4.69, 9.17) is 0 Å². The molecule has 1 heteroatoms. The molecule has 1 nitrogen and oxygen atoms in total. The number of hydrogen-bond acceptors (Lipinski definition) is 1. The number of anilines is 2. The van der Waals surface area contributed by atoms with E-state index in [2.05, 4.69) is 121 Å². The molecule has 0 aliphatic rings. The van der Waals surface area contributed by atoms with E-state index in [1.54, 1.807) is 0 Å². The lowest BCUT2D eigenvalue weighted by atomic mass is 10.0. The molecule has 0 spiro atoms. The zero-order valence-electron chi connectivity index (χ0n) is 16.3. The van der Waals surface area contributed by atoms with Gasteiger partial charge in [-0.2, -0.15) is 0 Å². The zero-order chi connectivity index (χ0) is 19.2. The van der Waals surface area contributed by atoms with Gasteiger partial charge in [0.25, 0.3) is 0 Å². The summed E-state index contributed by atoms with van der Waals surface area (Å²) in [5.74, 6) is 0. The lowest BCUT2D eigenvalue weighted by Gasteiger charge is -2.25. The first kappa shape index (κ1) is 18.1. The van der Waals surface area contributed by atoms with Crippen LogP contribution in [0.15, 0.2) is 109 Å². The second kappa shape index (κ2) is 8.58. The van der Waals surface area contributed by atoms with Crippen LogP contribution >= 0.6 is 0 Å². The van der Waals surface area contributed by atoms with Crippen molar-refractivity contribution in [3.05, 3.63) is 109 Å². The normalized spacial score (nSPS) is 10.6. The number of benzene rings is 4. The van der Waals surface area contributed by atoms with Gasteiger partial charge >= 0.3 is 0 Å². The summed E-state index contributed by atoms with van der Waals surface area (Å²) in [6.45, 7) is 3.22. The van der Waals surface area contributed by atoms with Crippen molar-refractivity contribution in [2.24, 2.45) is 0 Å². The van der Waals surface area contributed by atoms with E-state index >= 15 is 0 Å². The zero-order valence-corrected chi connectivity index (χ0v) is 16.3. The molecule has 0 unspecified atom stereocenters. The summed E-state index contributed by atoms with van der Waals surface area (Å²) in [6.07, 6.45) is 1.10. The van der Waals surface area contributed by atoms with Crippen LogP contribution in [0.5, 0.6) is 0 Å². The maximum Gasteiger partial charge on any atom is 0.0411 e. The van der Waals surface area contributed by atoms with Crippen LogP contribution < -0.4 is 4.90 Å². The van der Waals surface area contributed by atoms with Crippen molar-refractivity contribution < 1.29 is 0 Å². The molecule has 138 valence electrons. The van der Waals surface area contributed by atoms with E-state index < -0.39 is 0 Å². The van der Waals surface area contributed by atoms with E-state index in [-0.39, 0.29) is 0 Å². The third-order valence-corrected chi connectivity index (χ3v) is 5.02. The molecule has 0 aliphatic carbocycles. The van der Waals surface area contributed by atoms with E-state index in [9.17, 15) is 0 Å². The Morgan fingerprint density at radius 3 is 1.18 bits per heavy atom. The van der Waals surface area contributed by atoms with Gasteiger partial charge in [0.15, 0.2) is 0 Å². The molecule has 0 aromatic heterocycles. The lowest BCUT2D eigenvalue weighted by Crippen LogP contribution is -2.17. The predicted molar refractivity (Wildman–Crippen MR) is 121 cm³/mol. The standard InChI is InChI=1S/C27H25N/c1-2-21-28(26-17-13-24(14-18-26)22-9-5-3-6-10-22)27-19-15-25(16-20-27)23-11-7-4-8-12-23/h3-20H,2,21H2,1H3. The topological polar surface area (TPSA) is 3.24 Å². The molecule has 4 aromatic carbocycles. The van der Waals surface area contributed by atoms with E-state index in [0.29, 0.717) is 0 Å². The second-order valence-electron chi connectivity index (χ2n) is 6.98. The third-order valence-electron chi connectivity index (χ3n) is 5.02. The van der Waals surface area contributed by atoms with Crippen LogP contribution in [0.4, 0.5) is 11.4 Å². The van der Waals surface area contributed by atoms with Crippen LogP contribution in [0.2, 0.25) is 0 Å². The predicted octanol–water partition coefficient (Wildman–Crippen LogP) is 7.57. The van der Waals surface area contributed by atoms with E-state index in [1.807, 2.05) is 0 Å². The molecule has 0 saturated heterocycles. The van der Waals surface area contributed by atoms with Gasteiger partial charge in [-0.1, -0.05) is 91.9 Å². The Kier molecular flexibility index (Phi) is 5.53. The van der Waals surface area contributed by atoms with Crippen molar-refractivity contribution in [3.63, 3.8) is 0 Å². The van der Waals surface area contributed by atoms with Gasteiger partial charge in [-0.25, -0.2) is 0 Å². The molecule has 0 radical (unpaired) electrons. The third kappa shape index (κ3) is 3.99. The fourth-order valence-electron chi connectivity index (χ4n) is 3.56. The van der Waals surface area contributed by atoms with Gasteiger partial charge < -0.3 is 4.90 Å². The van der Waals surface area contributed by atoms with Gasteiger partial charge in [0.2, 0.25) is 0 Å². The van der Waals surface area contributed by atoms with Gasteiger partial charge in [0.05, 0.1) is 0 Å². The number of rotatable bonds is 6. The molecule has 4 aromatic rings. The summed E-state index contributed by atoms with van der Waals surface area (Å²) in [6, 6.07) is 38.8. The minimum Gasteiger partial charge on any atom is -0.342 e. The highest BCUT2D eigenvalue weighted by Gasteiger charge is 2.09. The quantitative estimate of drug-likeness (QED) is 0.341. The first-order chi connectivity index (χ1) is 13.8. The van der Waals surface area contributed by atoms with Crippen LogP contribution in [0, 0.1) is 0 Å². The van der Waals surface area contributed by atoms with E-state index in [1.165, 1.54) is 33.6 Å². The Hall–Kier alpha value is -3.32. The number of hydrogen-bond donors (Lipinski definition) is 0. The molecule has 0 aliphatic heterocycles. The van der Waals surface area contributed by atoms with Crippen LogP contribution in [0.1, 0.15) is 13.3 Å². The average Bonchev–Trinajstić information content (AvgIpc) is 2.79. The molecule has 0 saturated carbocycles. The van der Waals surface area contributed by atoms with Gasteiger partial charge in [0, 0.05) is 17.9 Å². The van der Waals surface area contributed by atoms with Crippen LogP contribution in [-0.4, -0.2) is 6.54 Å². The Morgan fingerprint density at radius 2 is 0.821 bits per heavy atom. The molecule has 28 heavy (non-hydrogen) atoms. The molecule has 0 atom stereocenters. The lowest BCUT2D eigenvalue weighted by molar-refractivity contribution is 0.886. The van der Waals surface area contributed by atoms with Gasteiger partial charge in [0.1, 0.15) is 0 Å². The van der Waals surface area contributed by atoms with Crippen LogP contribution in [-0.2, 0) is 0 Å². The van der Waals surface area contributed by atoms with Crippen molar-refractivity contribution in [1.29, 1.82) is 0 Å². The van der Waals surface area contributed by atoms with Crippen molar-refractivity contribution in [2.75, 3.05) is 11.4 Å². The molecule has 0 fully saturated rings. The highest BCUT2D eigenvalue weighted by atomic mass is 15.1. The maximum atomic E-state index is 2.39. The highest BCUT2D eigenvalue weighted by molar-refractivity contribution is 5.72. The monoisotopic (exact) mass is 363 g/mol. The average molecular weight is 364 g/mol. The molecule has 0 heterocycles. The fraction of sp³-hybridized carbons (Fsp3) is 0.111. The van der Waals surface area contributed by atoms with Crippen molar-refractivity contribution in [2.45, 2.75) is 13.3 Å². The summed E-state index contributed by atoms with van der Waals surface area (Å²) in [4.78, 5) is 2.39. The maximum absolute atomic E-state index is 2.39. The molecule has 0 amide bonds. The van der Waals surface area contributed by atoms with Crippen molar-refractivity contribution >= 4 is 11.4 Å². The Labute approximate surface area is 167 Å². The largest absolute Gasteiger partial charge is 0.342 e. The first-order valence-electron chi connectivity index (χ1n) is 9.93. The highest BCUT2D eigenvalue weighted by Crippen LogP contribution is 2.30. The SMILES string of the molecule is CCCN(c1ccc(-c2ccccc2)cc1)c1ccc(-c2ccccc2)cc1. The number of nitrogens with zero attached hydrogens (tertiary/aromatic N) is 1. The summed E-state index contributed by atoms with van der Waals surface area (Å²) >= 11 is 0. The summed E-state index contributed by atoms with van der Waals surface area (Å²) in [5, 5.41) is 0. The summed E-state index contributed by atoms with van der Waals surface area (Å²) < 4.78 is 0. The summed E-state index contributed by atoms with van der Waals surface area (Å²) in [7, 11) is 0. The van der Waals surface area contributed by atoms with Gasteiger partial charge in [-0.15, -0.1) is 0 Å². The van der Waals surface area contributed by atoms with Gasteiger partial charge in [-0.05, 0) is 52.9 Å². The minimum atomic E-state index is 0.995. The van der Waals surface area contributed by atoms with Crippen LogP contribution in [0.25, 0.3) is 22.3 Å². The van der Waals surface area contributed by atoms with Crippen molar-refractivity contribution in [1.82, 2.24) is 0 Å². The van der Waals surface area contributed by atoms with E-state index in [0.717, 1.165) is 13.0 Å². The molecular formula is C27H25N. The first-order valence-corrected chi connectivity index (χ1v) is 9.93. The summed E-state index contributed by atoms with van der Waals surface area (Å²) in [5.41, 5.74) is 7.47. The second-order valence-corrected chi connectivity index (χ2v) is 6.98.